The van der Waals surface area contributed by atoms with E-state index >= 15 is 0 Å². The summed E-state index contributed by atoms with van der Waals surface area (Å²) in [6, 6.07) is 1.50. The highest BCUT2D eigenvalue weighted by atomic mass is 16.5. The van der Waals surface area contributed by atoms with Crippen LogP contribution in [0.5, 0.6) is 0 Å². The van der Waals surface area contributed by atoms with Crippen molar-refractivity contribution >= 4 is 17.8 Å². The molecule has 1 aromatic rings. The molecule has 2 amide bonds. The summed E-state index contributed by atoms with van der Waals surface area (Å²) >= 11 is 0. The Hall–Kier alpha value is -2.38. The lowest BCUT2D eigenvalue weighted by Gasteiger charge is -2.28. The van der Waals surface area contributed by atoms with E-state index in [-0.39, 0.29) is 35.5 Å². The molecule has 1 saturated heterocycles. The smallest absolute Gasteiger partial charge is 0.323 e. The molecular weight excluding hydrogens is 338 g/mol. The van der Waals surface area contributed by atoms with Gasteiger partial charge >= 0.3 is 5.97 Å². The Morgan fingerprint density at radius 1 is 1.31 bits per heavy atom. The highest BCUT2D eigenvalue weighted by molar-refractivity contribution is 5.92. The first kappa shape index (κ1) is 19.9. The predicted octanol–water partition coefficient (Wildman–Crippen LogP) is 1.90. The average Bonchev–Trinajstić information content (AvgIpc) is 2.91. The Bertz CT molecular complexity index is 677. The zero-order chi connectivity index (χ0) is 19.5. The molecule has 1 aliphatic rings. The number of amides is 2. The van der Waals surface area contributed by atoms with E-state index in [2.05, 4.69) is 5.16 Å². The Balaban J connectivity index is 2.05. The molecule has 0 aliphatic carbocycles. The summed E-state index contributed by atoms with van der Waals surface area (Å²) in [4.78, 5) is 38.6. The molecule has 1 aromatic heterocycles. The quantitative estimate of drug-likeness (QED) is 0.874. The van der Waals surface area contributed by atoms with Crippen molar-refractivity contribution in [1.29, 1.82) is 0 Å². The van der Waals surface area contributed by atoms with Gasteiger partial charge in [0.15, 0.2) is 5.69 Å². The van der Waals surface area contributed by atoms with Crippen molar-refractivity contribution in [2.75, 3.05) is 19.6 Å². The maximum Gasteiger partial charge on any atom is 0.323 e. The van der Waals surface area contributed by atoms with E-state index < -0.39 is 5.97 Å². The Morgan fingerprint density at radius 3 is 2.54 bits per heavy atom. The van der Waals surface area contributed by atoms with Crippen molar-refractivity contribution in [3.8, 4) is 0 Å². The molecule has 8 nitrogen and oxygen atoms in total. The van der Waals surface area contributed by atoms with Gasteiger partial charge in [0.1, 0.15) is 12.3 Å². The topological polar surface area (TPSA) is 104 Å². The average molecular weight is 365 g/mol. The van der Waals surface area contributed by atoms with Crippen molar-refractivity contribution < 1.29 is 24.0 Å². The molecule has 1 unspecified atom stereocenters. The van der Waals surface area contributed by atoms with Crippen molar-refractivity contribution in [3.63, 3.8) is 0 Å². The number of carbonyl (C=O) groups excluding carboxylic acids is 2. The summed E-state index contributed by atoms with van der Waals surface area (Å²) in [6.45, 7) is 8.01. The van der Waals surface area contributed by atoms with E-state index in [1.807, 2.05) is 20.8 Å². The number of aromatic nitrogens is 1. The lowest BCUT2D eigenvalue weighted by molar-refractivity contribution is -0.145. The molecule has 0 bridgehead atoms. The Labute approximate surface area is 153 Å². The van der Waals surface area contributed by atoms with Crippen LogP contribution >= 0.6 is 0 Å². The Kier molecular flexibility index (Phi) is 6.05. The fraction of sp³-hybridized carbons (Fsp3) is 0.667. The standard InChI is InChI=1S/C18H27N3O5/c1-12(22)21(11-16(23)24)13-6-5-8-20(9-7-13)17(25)14-10-15(26-19-14)18(2,3)4/h10,13H,5-9,11H2,1-4H3,(H,23,24). The van der Waals surface area contributed by atoms with Crippen LogP contribution in [0, 0.1) is 0 Å². The molecule has 1 fully saturated rings. The molecule has 2 heterocycles. The van der Waals surface area contributed by atoms with E-state index in [1.54, 1.807) is 11.0 Å². The molecule has 8 heteroatoms. The van der Waals surface area contributed by atoms with Crippen LogP contribution in [0.1, 0.15) is 63.2 Å². The number of carboxylic acid groups (broad SMARTS) is 1. The third kappa shape index (κ3) is 4.83. The van der Waals surface area contributed by atoms with E-state index in [0.29, 0.717) is 38.1 Å². The number of nitrogens with zero attached hydrogens (tertiary/aromatic N) is 3. The normalized spacial score (nSPS) is 18.3. The summed E-state index contributed by atoms with van der Waals surface area (Å²) in [5, 5.41) is 12.9. The first-order chi connectivity index (χ1) is 12.1. The number of likely N-dealkylation sites (tertiary alicyclic amines) is 1. The summed E-state index contributed by atoms with van der Waals surface area (Å²) < 4.78 is 5.29. The minimum absolute atomic E-state index is 0.177. The highest BCUT2D eigenvalue weighted by Gasteiger charge is 2.29. The first-order valence-electron chi connectivity index (χ1n) is 8.85. The van der Waals surface area contributed by atoms with Crippen molar-refractivity contribution in [2.24, 2.45) is 0 Å². The second kappa shape index (κ2) is 7.88. The van der Waals surface area contributed by atoms with Gasteiger partial charge in [0.25, 0.3) is 5.91 Å². The van der Waals surface area contributed by atoms with Gasteiger partial charge in [-0.2, -0.15) is 0 Å². The number of rotatable bonds is 4. The van der Waals surface area contributed by atoms with Crippen molar-refractivity contribution in [3.05, 3.63) is 17.5 Å². The van der Waals surface area contributed by atoms with Gasteiger partial charge in [-0.25, -0.2) is 0 Å². The number of carbonyl (C=O) groups is 3. The summed E-state index contributed by atoms with van der Waals surface area (Å²) in [5.41, 5.74) is 0.0520. The molecule has 0 spiro atoms. The van der Waals surface area contributed by atoms with E-state index in [0.717, 1.165) is 0 Å². The monoisotopic (exact) mass is 365 g/mol. The SMILES string of the molecule is CC(=O)N(CC(=O)O)C1CCCN(C(=O)c2cc(C(C)(C)C)on2)CC1. The van der Waals surface area contributed by atoms with Gasteiger partial charge < -0.3 is 19.4 Å². The molecule has 0 radical (unpaired) electrons. The van der Waals surface area contributed by atoms with Crippen molar-refractivity contribution in [1.82, 2.24) is 15.0 Å². The number of hydrogen-bond acceptors (Lipinski definition) is 5. The lowest BCUT2D eigenvalue weighted by atomic mass is 9.93. The second-order valence-corrected chi connectivity index (χ2v) is 7.74. The number of carboxylic acids is 1. The van der Waals surface area contributed by atoms with Crippen LogP contribution in [0.15, 0.2) is 10.6 Å². The minimum atomic E-state index is -1.03. The minimum Gasteiger partial charge on any atom is -0.480 e. The molecule has 1 N–H and O–H groups in total. The molecule has 1 aliphatic heterocycles. The summed E-state index contributed by atoms with van der Waals surface area (Å²) in [5.74, 6) is -0.839. The van der Waals surface area contributed by atoms with Gasteiger partial charge in [0, 0.05) is 37.5 Å². The molecule has 0 aromatic carbocycles. The summed E-state index contributed by atoms with van der Waals surface area (Å²) in [6.07, 6.45) is 1.91. The maximum atomic E-state index is 12.7. The van der Waals surface area contributed by atoms with Crippen LogP contribution in [0.4, 0.5) is 0 Å². The Morgan fingerprint density at radius 2 is 2.00 bits per heavy atom. The molecule has 0 saturated carbocycles. The van der Waals surface area contributed by atoms with E-state index in [1.165, 1.54) is 11.8 Å². The van der Waals surface area contributed by atoms with Gasteiger partial charge in [-0.1, -0.05) is 25.9 Å². The van der Waals surface area contributed by atoms with Crippen LogP contribution in [0.2, 0.25) is 0 Å². The fourth-order valence-corrected chi connectivity index (χ4v) is 3.13. The van der Waals surface area contributed by atoms with Crippen molar-refractivity contribution in [2.45, 2.75) is 58.4 Å². The second-order valence-electron chi connectivity index (χ2n) is 7.74. The van der Waals surface area contributed by atoms with Crippen LogP contribution < -0.4 is 0 Å². The molecule has 1 atom stereocenters. The van der Waals surface area contributed by atoms with Gasteiger partial charge in [0.05, 0.1) is 0 Å². The molecule has 26 heavy (non-hydrogen) atoms. The zero-order valence-electron chi connectivity index (χ0n) is 15.8. The number of hydrogen-bond donors (Lipinski definition) is 1. The van der Waals surface area contributed by atoms with Crippen LogP contribution in [0.25, 0.3) is 0 Å². The maximum absolute atomic E-state index is 12.7. The van der Waals surface area contributed by atoms with E-state index in [4.69, 9.17) is 9.63 Å². The van der Waals surface area contributed by atoms with E-state index in [9.17, 15) is 14.4 Å². The van der Waals surface area contributed by atoms with Gasteiger partial charge in [-0.05, 0) is 19.3 Å². The highest BCUT2D eigenvalue weighted by Crippen LogP contribution is 2.24. The van der Waals surface area contributed by atoms with Crippen LogP contribution in [0.3, 0.4) is 0 Å². The first-order valence-corrected chi connectivity index (χ1v) is 8.85. The zero-order valence-corrected chi connectivity index (χ0v) is 15.8. The molecular formula is C18H27N3O5. The lowest BCUT2D eigenvalue weighted by Crippen LogP contribution is -2.43. The van der Waals surface area contributed by atoms with Crippen LogP contribution in [-0.4, -0.2) is 63.5 Å². The number of aliphatic carboxylic acids is 1. The fourth-order valence-electron chi connectivity index (χ4n) is 3.13. The largest absolute Gasteiger partial charge is 0.480 e. The van der Waals surface area contributed by atoms with Gasteiger partial charge in [-0.15, -0.1) is 0 Å². The predicted molar refractivity (Wildman–Crippen MR) is 93.8 cm³/mol. The van der Waals surface area contributed by atoms with Crippen LogP contribution in [-0.2, 0) is 15.0 Å². The van der Waals surface area contributed by atoms with Gasteiger partial charge in [0.2, 0.25) is 5.91 Å². The molecule has 144 valence electrons. The summed E-state index contributed by atoms with van der Waals surface area (Å²) in [7, 11) is 0. The third-order valence-electron chi connectivity index (χ3n) is 4.60. The third-order valence-corrected chi connectivity index (χ3v) is 4.60. The van der Waals surface area contributed by atoms with Gasteiger partial charge in [-0.3, -0.25) is 14.4 Å². The molecule has 2 rings (SSSR count).